The average molecular weight is 228 g/mol. The van der Waals surface area contributed by atoms with Crippen molar-refractivity contribution < 1.29 is 0 Å². The fraction of sp³-hybridized carbons (Fsp3) is 0.333. The molecule has 90 valence electrons. The lowest BCUT2D eigenvalue weighted by Gasteiger charge is -2.06. The highest BCUT2D eigenvalue weighted by molar-refractivity contribution is 5.84. The van der Waals surface area contributed by atoms with E-state index in [1.807, 2.05) is 7.05 Å². The normalized spacial score (nSPS) is 10.9. The lowest BCUT2D eigenvalue weighted by atomic mass is 10.2. The Kier molecular flexibility index (Phi) is 3.64. The molecule has 2 aromatic rings. The third kappa shape index (κ3) is 2.42. The SMILES string of the molecule is C=C(CC)Cn1cc(CNC)c2ccccc21. The highest BCUT2D eigenvalue weighted by Crippen LogP contribution is 2.22. The van der Waals surface area contributed by atoms with Gasteiger partial charge in [-0.25, -0.2) is 0 Å². The minimum Gasteiger partial charge on any atom is -0.343 e. The van der Waals surface area contributed by atoms with E-state index in [-0.39, 0.29) is 0 Å². The largest absolute Gasteiger partial charge is 0.343 e. The lowest BCUT2D eigenvalue weighted by Crippen LogP contribution is -2.04. The van der Waals surface area contributed by atoms with Gasteiger partial charge in [0.15, 0.2) is 0 Å². The van der Waals surface area contributed by atoms with Crippen LogP contribution in [0.3, 0.4) is 0 Å². The van der Waals surface area contributed by atoms with E-state index < -0.39 is 0 Å². The fourth-order valence-corrected chi connectivity index (χ4v) is 2.14. The summed E-state index contributed by atoms with van der Waals surface area (Å²) in [5.74, 6) is 0. The molecule has 17 heavy (non-hydrogen) atoms. The van der Waals surface area contributed by atoms with Crippen LogP contribution in [0.5, 0.6) is 0 Å². The Labute approximate surface area is 103 Å². The summed E-state index contributed by atoms with van der Waals surface area (Å²) in [6.07, 6.45) is 3.27. The molecule has 2 nitrogen and oxygen atoms in total. The summed E-state index contributed by atoms with van der Waals surface area (Å²) < 4.78 is 2.30. The Morgan fingerprint density at radius 3 is 2.82 bits per heavy atom. The highest BCUT2D eigenvalue weighted by atomic mass is 15.0. The molecule has 1 aromatic carbocycles. The van der Waals surface area contributed by atoms with Crippen LogP contribution in [0.15, 0.2) is 42.6 Å². The number of allylic oxidation sites excluding steroid dienone is 1. The van der Waals surface area contributed by atoms with E-state index in [9.17, 15) is 0 Å². The Balaban J connectivity index is 2.44. The average Bonchev–Trinajstić information content (AvgIpc) is 2.69. The fourth-order valence-electron chi connectivity index (χ4n) is 2.14. The molecule has 2 heteroatoms. The molecule has 1 aromatic heterocycles. The van der Waals surface area contributed by atoms with Gasteiger partial charge in [0, 0.05) is 30.2 Å². The molecule has 0 unspecified atom stereocenters. The van der Waals surface area contributed by atoms with Crippen LogP contribution < -0.4 is 5.32 Å². The van der Waals surface area contributed by atoms with Gasteiger partial charge in [-0.05, 0) is 25.1 Å². The number of benzene rings is 1. The van der Waals surface area contributed by atoms with Crippen molar-refractivity contribution >= 4 is 10.9 Å². The minimum absolute atomic E-state index is 0.909. The summed E-state index contributed by atoms with van der Waals surface area (Å²) in [5.41, 5.74) is 3.92. The maximum absolute atomic E-state index is 4.09. The summed E-state index contributed by atoms with van der Waals surface area (Å²) in [5, 5.41) is 4.56. The smallest absolute Gasteiger partial charge is 0.0486 e. The van der Waals surface area contributed by atoms with Crippen LogP contribution in [0.25, 0.3) is 10.9 Å². The second-order valence-corrected chi connectivity index (χ2v) is 4.43. The predicted molar refractivity (Wildman–Crippen MR) is 74.1 cm³/mol. The van der Waals surface area contributed by atoms with Gasteiger partial charge in [-0.1, -0.05) is 37.3 Å². The van der Waals surface area contributed by atoms with Gasteiger partial charge in [-0.2, -0.15) is 0 Å². The molecule has 0 spiro atoms. The molecule has 1 N–H and O–H groups in total. The van der Waals surface area contributed by atoms with Crippen LogP contribution in [0.4, 0.5) is 0 Å². The van der Waals surface area contributed by atoms with Crippen LogP contribution in [0.1, 0.15) is 18.9 Å². The molecular formula is C15H20N2. The van der Waals surface area contributed by atoms with E-state index >= 15 is 0 Å². The van der Waals surface area contributed by atoms with Crippen molar-refractivity contribution in [1.29, 1.82) is 0 Å². The summed E-state index contributed by atoms with van der Waals surface area (Å²) in [6.45, 7) is 8.08. The van der Waals surface area contributed by atoms with Gasteiger partial charge in [-0.3, -0.25) is 0 Å². The predicted octanol–water partition coefficient (Wildman–Crippen LogP) is 3.33. The van der Waals surface area contributed by atoms with Crippen molar-refractivity contribution in [1.82, 2.24) is 9.88 Å². The highest BCUT2D eigenvalue weighted by Gasteiger charge is 2.07. The number of hydrogen-bond donors (Lipinski definition) is 1. The van der Waals surface area contributed by atoms with E-state index in [1.165, 1.54) is 22.0 Å². The minimum atomic E-state index is 0.909. The number of para-hydroxylation sites is 1. The lowest BCUT2D eigenvalue weighted by molar-refractivity contribution is 0.772. The van der Waals surface area contributed by atoms with Crippen molar-refractivity contribution in [2.75, 3.05) is 7.05 Å². The molecule has 0 aliphatic heterocycles. The maximum atomic E-state index is 4.09. The van der Waals surface area contributed by atoms with E-state index in [4.69, 9.17) is 0 Å². The molecule has 1 heterocycles. The zero-order chi connectivity index (χ0) is 12.3. The Morgan fingerprint density at radius 2 is 2.12 bits per heavy atom. The number of rotatable bonds is 5. The van der Waals surface area contributed by atoms with Crippen LogP contribution in [0.2, 0.25) is 0 Å². The van der Waals surface area contributed by atoms with Crippen LogP contribution in [0, 0.1) is 0 Å². The number of hydrogen-bond acceptors (Lipinski definition) is 1. The van der Waals surface area contributed by atoms with Gasteiger partial charge in [0.05, 0.1) is 0 Å². The Bertz CT molecular complexity index is 523. The molecule has 0 amide bonds. The molecule has 0 saturated heterocycles. The topological polar surface area (TPSA) is 17.0 Å². The van der Waals surface area contributed by atoms with Crippen LogP contribution in [-0.4, -0.2) is 11.6 Å². The number of fused-ring (bicyclic) bond motifs is 1. The first-order valence-corrected chi connectivity index (χ1v) is 6.14. The Morgan fingerprint density at radius 1 is 1.35 bits per heavy atom. The Hall–Kier alpha value is -1.54. The quantitative estimate of drug-likeness (QED) is 0.777. The number of aromatic nitrogens is 1. The maximum Gasteiger partial charge on any atom is 0.0486 e. The summed E-state index contributed by atoms with van der Waals surface area (Å²) in [4.78, 5) is 0. The summed E-state index contributed by atoms with van der Waals surface area (Å²) in [7, 11) is 1.98. The third-order valence-corrected chi connectivity index (χ3v) is 3.13. The zero-order valence-electron chi connectivity index (χ0n) is 10.7. The van der Waals surface area contributed by atoms with Crippen LogP contribution >= 0.6 is 0 Å². The first-order valence-electron chi connectivity index (χ1n) is 6.14. The monoisotopic (exact) mass is 228 g/mol. The molecule has 0 saturated carbocycles. The van der Waals surface area contributed by atoms with E-state index in [1.54, 1.807) is 0 Å². The van der Waals surface area contributed by atoms with Crippen molar-refractivity contribution in [3.05, 3.63) is 48.2 Å². The summed E-state index contributed by atoms with van der Waals surface area (Å²) >= 11 is 0. The first kappa shape index (κ1) is 11.9. The van der Waals surface area contributed by atoms with Crippen molar-refractivity contribution in [2.24, 2.45) is 0 Å². The molecule has 0 fully saturated rings. The summed E-state index contributed by atoms with van der Waals surface area (Å²) in [6, 6.07) is 8.56. The van der Waals surface area contributed by atoms with Gasteiger partial charge in [-0.15, -0.1) is 0 Å². The van der Waals surface area contributed by atoms with E-state index in [2.05, 4.69) is 53.8 Å². The van der Waals surface area contributed by atoms with Crippen molar-refractivity contribution in [3.63, 3.8) is 0 Å². The van der Waals surface area contributed by atoms with E-state index in [0.717, 1.165) is 19.5 Å². The zero-order valence-corrected chi connectivity index (χ0v) is 10.7. The number of nitrogens with zero attached hydrogens (tertiary/aromatic N) is 1. The molecule has 0 aliphatic carbocycles. The van der Waals surface area contributed by atoms with Crippen LogP contribution in [-0.2, 0) is 13.1 Å². The molecule has 0 atom stereocenters. The van der Waals surface area contributed by atoms with Gasteiger partial charge >= 0.3 is 0 Å². The molecule has 0 bridgehead atoms. The van der Waals surface area contributed by atoms with Gasteiger partial charge in [0.2, 0.25) is 0 Å². The molecule has 0 radical (unpaired) electrons. The first-order chi connectivity index (χ1) is 8.26. The van der Waals surface area contributed by atoms with Crippen molar-refractivity contribution in [3.8, 4) is 0 Å². The van der Waals surface area contributed by atoms with Crippen molar-refractivity contribution in [2.45, 2.75) is 26.4 Å². The molecular weight excluding hydrogens is 208 g/mol. The van der Waals surface area contributed by atoms with E-state index in [0.29, 0.717) is 0 Å². The second-order valence-electron chi connectivity index (χ2n) is 4.43. The molecule has 0 aliphatic rings. The van der Waals surface area contributed by atoms with Gasteiger partial charge < -0.3 is 9.88 Å². The second kappa shape index (κ2) is 5.19. The number of nitrogens with one attached hydrogen (secondary N) is 1. The molecule has 2 rings (SSSR count). The van der Waals surface area contributed by atoms with Gasteiger partial charge in [0.25, 0.3) is 0 Å². The standard InChI is InChI=1S/C15H20N2/c1-4-12(2)10-17-11-13(9-16-3)14-7-5-6-8-15(14)17/h5-8,11,16H,2,4,9-10H2,1,3H3. The third-order valence-electron chi connectivity index (χ3n) is 3.13. The van der Waals surface area contributed by atoms with Gasteiger partial charge in [0.1, 0.15) is 0 Å².